The van der Waals surface area contributed by atoms with Crippen LogP contribution in [-0.4, -0.2) is 21.7 Å². The van der Waals surface area contributed by atoms with Crippen molar-refractivity contribution in [1.82, 2.24) is 4.90 Å². The molecular weight excluding hydrogens is 352 g/mol. The average molecular weight is 375 g/mol. The van der Waals surface area contributed by atoms with Gasteiger partial charge < -0.3 is 0 Å². The number of fused-ring (bicyclic) bond motifs is 3. The molecule has 3 aliphatic rings. The van der Waals surface area contributed by atoms with Crippen molar-refractivity contribution in [3.05, 3.63) is 76.4 Å². The first kappa shape index (κ1) is 16.8. The van der Waals surface area contributed by atoms with Gasteiger partial charge in [-0.05, 0) is 41.0 Å². The molecule has 5 rings (SSSR count). The van der Waals surface area contributed by atoms with Crippen LogP contribution in [0.1, 0.15) is 54.5 Å². The van der Waals surface area contributed by atoms with E-state index in [1.165, 1.54) is 27.8 Å². The van der Waals surface area contributed by atoms with E-state index in [2.05, 4.69) is 62.4 Å². The summed E-state index contributed by atoms with van der Waals surface area (Å²) in [6.07, 6.45) is 1.96. The van der Waals surface area contributed by atoms with Crippen molar-refractivity contribution in [2.45, 2.75) is 38.6 Å². The zero-order chi connectivity index (χ0) is 18.5. The summed E-state index contributed by atoms with van der Waals surface area (Å²) in [5, 5.41) is 0.855. The normalized spacial score (nSPS) is 21.1. The standard InChI is InChI=1S/C23H22N2OS/c1-14(2)15-7-9-17(10-8-15)22-19-12-11-16-5-3-4-6-18(16)21(19)24-23-25(22)20(26)13-27-23/h3-10,14,22H,11-13H2,1-2H3. The molecule has 1 unspecified atom stereocenters. The fraction of sp³-hybridized carbons (Fsp3) is 0.304. The molecule has 1 saturated heterocycles. The summed E-state index contributed by atoms with van der Waals surface area (Å²) in [5.74, 6) is 1.16. The third kappa shape index (κ3) is 2.66. The number of aliphatic imine (C=N–C) groups is 1. The van der Waals surface area contributed by atoms with Gasteiger partial charge in [-0.2, -0.15) is 0 Å². The molecule has 0 spiro atoms. The molecule has 1 atom stereocenters. The van der Waals surface area contributed by atoms with Crippen molar-refractivity contribution in [2.75, 3.05) is 5.75 Å². The van der Waals surface area contributed by atoms with Crippen molar-refractivity contribution in [3.8, 4) is 0 Å². The Morgan fingerprint density at radius 1 is 1.07 bits per heavy atom. The minimum Gasteiger partial charge on any atom is -0.279 e. The lowest BCUT2D eigenvalue weighted by atomic mass is 9.82. The van der Waals surface area contributed by atoms with Crippen LogP contribution in [0.4, 0.5) is 0 Å². The molecule has 0 radical (unpaired) electrons. The van der Waals surface area contributed by atoms with Crippen LogP contribution in [0.5, 0.6) is 0 Å². The third-order valence-corrected chi connectivity index (χ3v) is 6.69. The van der Waals surface area contributed by atoms with Gasteiger partial charge in [0, 0.05) is 5.56 Å². The Bertz CT molecular complexity index is 988. The van der Waals surface area contributed by atoms with Gasteiger partial charge in [0.25, 0.3) is 0 Å². The number of benzene rings is 2. The summed E-state index contributed by atoms with van der Waals surface area (Å²) in [6.45, 7) is 4.42. The van der Waals surface area contributed by atoms with Crippen LogP contribution in [0, 0.1) is 0 Å². The SMILES string of the molecule is CC(C)c1ccc(C2C3=C(N=C4SCC(=O)N42)c2ccccc2CC3)cc1. The molecule has 1 aliphatic carbocycles. The molecule has 2 aromatic carbocycles. The highest BCUT2D eigenvalue weighted by atomic mass is 32.2. The maximum Gasteiger partial charge on any atom is 0.239 e. The molecule has 1 fully saturated rings. The Morgan fingerprint density at radius 2 is 1.85 bits per heavy atom. The first-order valence-electron chi connectivity index (χ1n) is 9.58. The van der Waals surface area contributed by atoms with E-state index in [0.717, 1.165) is 23.7 Å². The third-order valence-electron chi connectivity index (χ3n) is 5.75. The van der Waals surface area contributed by atoms with Crippen molar-refractivity contribution < 1.29 is 4.79 Å². The van der Waals surface area contributed by atoms with Gasteiger partial charge in [0.1, 0.15) is 0 Å². The van der Waals surface area contributed by atoms with E-state index in [1.807, 2.05) is 4.90 Å². The number of amidine groups is 1. The van der Waals surface area contributed by atoms with E-state index in [0.29, 0.717) is 11.7 Å². The van der Waals surface area contributed by atoms with Gasteiger partial charge in [-0.15, -0.1) is 0 Å². The van der Waals surface area contributed by atoms with Crippen LogP contribution >= 0.6 is 11.8 Å². The second-order valence-corrected chi connectivity index (χ2v) is 8.64. The number of carbonyl (C=O) groups is 1. The summed E-state index contributed by atoms with van der Waals surface area (Å²) in [4.78, 5) is 19.6. The molecule has 136 valence electrons. The molecule has 0 aromatic heterocycles. The predicted octanol–water partition coefficient (Wildman–Crippen LogP) is 5.15. The fourth-order valence-electron chi connectivity index (χ4n) is 4.31. The average Bonchev–Trinajstić information content (AvgIpc) is 3.07. The highest BCUT2D eigenvalue weighted by Crippen LogP contribution is 2.47. The quantitative estimate of drug-likeness (QED) is 0.728. The van der Waals surface area contributed by atoms with Gasteiger partial charge >= 0.3 is 0 Å². The Kier molecular flexibility index (Phi) is 3.97. The number of carbonyl (C=O) groups excluding carboxylic acids is 1. The number of nitrogens with zero attached hydrogens (tertiary/aromatic N) is 2. The predicted molar refractivity (Wildman–Crippen MR) is 112 cm³/mol. The molecule has 27 heavy (non-hydrogen) atoms. The second-order valence-electron chi connectivity index (χ2n) is 7.70. The second kappa shape index (κ2) is 6.38. The van der Waals surface area contributed by atoms with E-state index in [4.69, 9.17) is 4.99 Å². The Balaban J connectivity index is 1.67. The Labute approximate surface area is 164 Å². The summed E-state index contributed by atoms with van der Waals surface area (Å²) in [5.41, 5.74) is 7.48. The number of thioether (sulfide) groups is 1. The smallest absolute Gasteiger partial charge is 0.239 e. The minimum absolute atomic E-state index is 0.0235. The maximum absolute atomic E-state index is 12.7. The van der Waals surface area contributed by atoms with Gasteiger partial charge in [-0.3, -0.25) is 9.69 Å². The molecule has 3 nitrogen and oxygen atoms in total. The fourth-order valence-corrected chi connectivity index (χ4v) is 5.20. The molecule has 4 heteroatoms. The summed E-state index contributed by atoms with van der Waals surface area (Å²) in [6, 6.07) is 17.3. The summed E-state index contributed by atoms with van der Waals surface area (Å²) < 4.78 is 0. The maximum atomic E-state index is 12.7. The van der Waals surface area contributed by atoms with Crippen LogP contribution < -0.4 is 0 Å². The van der Waals surface area contributed by atoms with Crippen molar-refractivity contribution in [2.24, 2.45) is 4.99 Å². The lowest BCUT2D eigenvalue weighted by Crippen LogP contribution is -2.38. The summed E-state index contributed by atoms with van der Waals surface area (Å²) >= 11 is 1.56. The highest BCUT2D eigenvalue weighted by Gasteiger charge is 2.42. The molecule has 0 bridgehead atoms. The molecule has 2 aromatic rings. The number of hydrogen-bond acceptors (Lipinski definition) is 3. The largest absolute Gasteiger partial charge is 0.279 e. The summed E-state index contributed by atoms with van der Waals surface area (Å²) in [7, 11) is 0. The van der Waals surface area contributed by atoms with Crippen LogP contribution in [0.2, 0.25) is 0 Å². The van der Waals surface area contributed by atoms with Gasteiger partial charge in [0.2, 0.25) is 5.91 Å². The van der Waals surface area contributed by atoms with E-state index in [9.17, 15) is 4.79 Å². The van der Waals surface area contributed by atoms with E-state index >= 15 is 0 Å². The molecule has 2 heterocycles. The van der Waals surface area contributed by atoms with E-state index < -0.39 is 0 Å². The molecule has 1 amide bonds. The van der Waals surface area contributed by atoms with E-state index in [1.54, 1.807) is 11.8 Å². The molecule has 2 aliphatic heterocycles. The highest BCUT2D eigenvalue weighted by molar-refractivity contribution is 8.15. The number of amides is 1. The molecule has 0 saturated carbocycles. The van der Waals surface area contributed by atoms with Crippen molar-refractivity contribution in [1.29, 1.82) is 0 Å². The lowest BCUT2D eigenvalue weighted by molar-refractivity contribution is -0.125. The monoisotopic (exact) mass is 374 g/mol. The van der Waals surface area contributed by atoms with Crippen LogP contribution in [0.15, 0.2) is 59.1 Å². The molecular formula is C23H22N2OS. The van der Waals surface area contributed by atoms with Gasteiger partial charge in [0.05, 0.1) is 17.5 Å². The Morgan fingerprint density at radius 3 is 2.63 bits per heavy atom. The first-order valence-corrected chi connectivity index (χ1v) is 10.6. The van der Waals surface area contributed by atoms with Gasteiger partial charge in [-0.25, -0.2) is 4.99 Å². The zero-order valence-electron chi connectivity index (χ0n) is 15.6. The van der Waals surface area contributed by atoms with Crippen molar-refractivity contribution in [3.63, 3.8) is 0 Å². The lowest BCUT2D eigenvalue weighted by Gasteiger charge is -2.37. The van der Waals surface area contributed by atoms with Gasteiger partial charge in [0.15, 0.2) is 5.17 Å². The molecule has 0 N–H and O–H groups in total. The number of rotatable bonds is 2. The first-order chi connectivity index (χ1) is 13.1. The van der Waals surface area contributed by atoms with Crippen LogP contribution in [0.25, 0.3) is 5.70 Å². The minimum atomic E-state index is -0.0235. The van der Waals surface area contributed by atoms with E-state index in [-0.39, 0.29) is 11.9 Å². The number of hydrogen-bond donors (Lipinski definition) is 0. The topological polar surface area (TPSA) is 32.7 Å². The zero-order valence-corrected chi connectivity index (χ0v) is 16.4. The van der Waals surface area contributed by atoms with Gasteiger partial charge in [-0.1, -0.05) is 74.1 Å². The van der Waals surface area contributed by atoms with Crippen molar-refractivity contribution >= 4 is 28.5 Å². The van der Waals surface area contributed by atoms with Crippen LogP contribution in [-0.2, 0) is 11.2 Å². The Hall–Kier alpha value is -2.33. The number of aryl methyl sites for hydroxylation is 1. The van der Waals surface area contributed by atoms with Crippen LogP contribution in [0.3, 0.4) is 0 Å².